The van der Waals surface area contributed by atoms with Gasteiger partial charge in [0.25, 0.3) is 0 Å². The Labute approximate surface area is 145 Å². The summed E-state index contributed by atoms with van der Waals surface area (Å²) in [6.45, 7) is 5.00. The lowest BCUT2D eigenvalue weighted by Crippen LogP contribution is -2.11. The molecule has 0 saturated heterocycles. The van der Waals surface area contributed by atoms with Crippen LogP contribution in [-0.2, 0) is 22.7 Å². The third-order valence-electron chi connectivity index (χ3n) is 3.22. The third-order valence-corrected chi connectivity index (χ3v) is 3.22. The van der Waals surface area contributed by atoms with Gasteiger partial charge in [-0.15, -0.1) is 5.10 Å². The minimum Gasteiger partial charge on any atom is -0.494 e. The van der Waals surface area contributed by atoms with E-state index in [0.29, 0.717) is 24.5 Å². The lowest BCUT2D eigenvalue weighted by Gasteiger charge is -2.05. The second kappa shape index (κ2) is 9.17. The van der Waals surface area contributed by atoms with Gasteiger partial charge < -0.3 is 9.47 Å². The molecule has 0 spiro atoms. The van der Waals surface area contributed by atoms with E-state index in [9.17, 15) is 10.1 Å². The zero-order valence-electron chi connectivity index (χ0n) is 14.2. The fourth-order valence-corrected chi connectivity index (χ4v) is 2.05. The van der Waals surface area contributed by atoms with Gasteiger partial charge in [0.05, 0.1) is 6.61 Å². The van der Waals surface area contributed by atoms with Crippen LogP contribution in [0.1, 0.15) is 31.7 Å². The molecule has 25 heavy (non-hydrogen) atoms. The molecular formula is C17H19N5O3. The number of carbonyl (C=O) groups excluding carboxylic acids is 1. The monoisotopic (exact) mass is 341 g/mol. The molecule has 0 saturated carbocycles. The summed E-state index contributed by atoms with van der Waals surface area (Å²) in [4.78, 5) is 12.1. The molecular weight excluding hydrogens is 322 g/mol. The highest BCUT2D eigenvalue weighted by atomic mass is 16.5. The maximum atomic E-state index is 12.1. The first-order chi connectivity index (χ1) is 12.2. The Kier molecular flexibility index (Phi) is 6.65. The number of carbonyl (C=O) groups is 1. The number of ether oxygens (including phenoxy) is 2. The summed E-state index contributed by atoms with van der Waals surface area (Å²) in [7, 11) is 0. The summed E-state index contributed by atoms with van der Waals surface area (Å²) < 4.78 is 12.1. The molecule has 0 aliphatic rings. The van der Waals surface area contributed by atoms with Gasteiger partial charge in [-0.1, -0.05) is 19.1 Å². The Bertz CT molecular complexity index is 774. The molecule has 0 fully saturated rings. The molecule has 130 valence electrons. The molecule has 2 aromatic rings. The zero-order chi connectivity index (χ0) is 18.1. The highest BCUT2D eigenvalue weighted by Crippen LogP contribution is 2.15. The molecule has 1 aromatic carbocycles. The summed E-state index contributed by atoms with van der Waals surface area (Å²) in [6.07, 6.45) is 2.32. The number of nitriles is 1. The van der Waals surface area contributed by atoms with E-state index in [1.54, 1.807) is 28.9 Å². The molecule has 1 heterocycles. The van der Waals surface area contributed by atoms with Crippen molar-refractivity contribution in [2.24, 2.45) is 0 Å². The van der Waals surface area contributed by atoms with Crippen molar-refractivity contribution in [3.05, 3.63) is 41.2 Å². The van der Waals surface area contributed by atoms with Crippen molar-refractivity contribution in [2.75, 3.05) is 6.61 Å². The first-order valence-electron chi connectivity index (χ1n) is 7.94. The number of tetrazole rings is 1. The van der Waals surface area contributed by atoms with E-state index >= 15 is 0 Å². The van der Waals surface area contributed by atoms with Crippen LogP contribution in [0.3, 0.4) is 0 Å². The number of hydrogen-bond donors (Lipinski definition) is 0. The number of aryl methyl sites for hydroxylation is 1. The summed E-state index contributed by atoms with van der Waals surface area (Å²) in [5.74, 6) is 0.444. The quantitative estimate of drug-likeness (QED) is 0.411. The predicted octanol–water partition coefficient (Wildman–Crippen LogP) is 2.13. The molecule has 8 nitrogen and oxygen atoms in total. The average Bonchev–Trinajstić information content (AvgIpc) is 3.07. The molecule has 0 bridgehead atoms. The molecule has 0 atom stereocenters. The van der Waals surface area contributed by atoms with E-state index in [1.165, 1.54) is 6.08 Å². The van der Waals surface area contributed by atoms with Crippen molar-refractivity contribution >= 4 is 12.0 Å². The van der Waals surface area contributed by atoms with E-state index in [4.69, 9.17) is 9.47 Å². The number of hydrogen-bond acceptors (Lipinski definition) is 7. The van der Waals surface area contributed by atoms with Crippen LogP contribution in [0.5, 0.6) is 5.75 Å². The molecule has 1 aromatic heterocycles. The maximum absolute atomic E-state index is 12.1. The van der Waals surface area contributed by atoms with E-state index in [1.807, 2.05) is 19.9 Å². The van der Waals surface area contributed by atoms with E-state index in [0.717, 1.165) is 12.2 Å². The minimum absolute atomic E-state index is 0.0892. The number of esters is 1. The second-order valence-corrected chi connectivity index (χ2v) is 5.07. The van der Waals surface area contributed by atoms with Crippen molar-refractivity contribution in [3.8, 4) is 11.8 Å². The number of benzene rings is 1. The van der Waals surface area contributed by atoms with Gasteiger partial charge in [0.2, 0.25) is 0 Å². The van der Waals surface area contributed by atoms with Crippen molar-refractivity contribution in [2.45, 2.75) is 33.4 Å². The van der Waals surface area contributed by atoms with Crippen molar-refractivity contribution in [3.63, 3.8) is 0 Å². The molecule has 0 aliphatic heterocycles. The van der Waals surface area contributed by atoms with E-state index in [-0.39, 0.29) is 12.2 Å². The molecule has 0 radical (unpaired) electrons. The minimum atomic E-state index is -0.720. The lowest BCUT2D eigenvalue weighted by atomic mass is 10.1. The highest BCUT2D eigenvalue weighted by molar-refractivity contribution is 5.97. The molecule has 0 unspecified atom stereocenters. The van der Waals surface area contributed by atoms with Crippen LogP contribution in [-0.4, -0.2) is 32.8 Å². The van der Waals surface area contributed by atoms with Gasteiger partial charge in [0.15, 0.2) is 12.4 Å². The summed E-state index contributed by atoms with van der Waals surface area (Å²) in [6, 6.07) is 8.92. The summed E-state index contributed by atoms with van der Waals surface area (Å²) in [5, 5.41) is 20.4. The summed E-state index contributed by atoms with van der Waals surface area (Å²) in [5.41, 5.74) is 0.603. The SMILES string of the molecule is CCCn1nnnc1COC(=O)/C(C#N)=C/c1ccc(OCC)cc1. The second-order valence-electron chi connectivity index (χ2n) is 5.07. The topological polar surface area (TPSA) is 103 Å². The number of aromatic nitrogens is 4. The average molecular weight is 341 g/mol. The summed E-state index contributed by atoms with van der Waals surface area (Å²) >= 11 is 0. The number of nitrogens with zero attached hydrogens (tertiary/aromatic N) is 5. The van der Waals surface area contributed by atoms with Gasteiger partial charge in [-0.25, -0.2) is 9.48 Å². The largest absolute Gasteiger partial charge is 0.494 e. The normalized spacial score (nSPS) is 11.0. The Morgan fingerprint density at radius 2 is 2.08 bits per heavy atom. The first kappa shape index (κ1) is 18.1. The van der Waals surface area contributed by atoms with E-state index in [2.05, 4.69) is 15.5 Å². The fourth-order valence-electron chi connectivity index (χ4n) is 2.05. The van der Waals surface area contributed by atoms with Crippen LogP contribution in [0.25, 0.3) is 6.08 Å². The molecule has 0 aliphatic carbocycles. The molecule has 0 N–H and O–H groups in total. The van der Waals surface area contributed by atoms with Gasteiger partial charge >= 0.3 is 5.97 Å². The highest BCUT2D eigenvalue weighted by Gasteiger charge is 2.14. The van der Waals surface area contributed by atoms with Crippen LogP contribution < -0.4 is 4.74 Å². The Hall–Kier alpha value is -3.21. The van der Waals surface area contributed by atoms with Crippen LogP contribution in [0, 0.1) is 11.3 Å². The van der Waals surface area contributed by atoms with Gasteiger partial charge in [-0.3, -0.25) is 0 Å². The Morgan fingerprint density at radius 3 is 2.72 bits per heavy atom. The number of rotatable bonds is 8. The Morgan fingerprint density at radius 1 is 1.32 bits per heavy atom. The smallest absolute Gasteiger partial charge is 0.349 e. The molecule has 2 rings (SSSR count). The van der Waals surface area contributed by atoms with Gasteiger partial charge in [-0.05, 0) is 47.5 Å². The third kappa shape index (κ3) is 5.14. The van der Waals surface area contributed by atoms with Crippen LogP contribution in [0.2, 0.25) is 0 Å². The van der Waals surface area contributed by atoms with Gasteiger partial charge in [-0.2, -0.15) is 5.26 Å². The van der Waals surface area contributed by atoms with Crippen LogP contribution in [0.15, 0.2) is 29.8 Å². The zero-order valence-corrected chi connectivity index (χ0v) is 14.2. The maximum Gasteiger partial charge on any atom is 0.349 e. The predicted molar refractivity (Wildman–Crippen MR) is 89.1 cm³/mol. The van der Waals surface area contributed by atoms with Crippen LogP contribution >= 0.6 is 0 Å². The molecule has 8 heteroatoms. The van der Waals surface area contributed by atoms with Crippen molar-refractivity contribution in [1.82, 2.24) is 20.2 Å². The Balaban J connectivity index is 2.02. The van der Waals surface area contributed by atoms with Gasteiger partial charge in [0.1, 0.15) is 17.4 Å². The molecule has 0 amide bonds. The van der Waals surface area contributed by atoms with Crippen LogP contribution in [0.4, 0.5) is 0 Å². The van der Waals surface area contributed by atoms with Gasteiger partial charge in [0, 0.05) is 6.54 Å². The standard InChI is InChI=1S/C17H19N5O3/c1-3-9-22-16(19-20-21-22)12-25-17(23)14(11-18)10-13-5-7-15(8-6-13)24-4-2/h5-8,10H,3-4,9,12H2,1-2H3/b14-10+. The van der Waals surface area contributed by atoms with E-state index < -0.39 is 5.97 Å². The lowest BCUT2D eigenvalue weighted by molar-refractivity contribution is -0.140. The van der Waals surface area contributed by atoms with Crippen molar-refractivity contribution < 1.29 is 14.3 Å². The first-order valence-corrected chi connectivity index (χ1v) is 7.94. The fraction of sp³-hybridized carbons (Fsp3) is 0.353. The van der Waals surface area contributed by atoms with Crippen molar-refractivity contribution in [1.29, 1.82) is 5.26 Å².